The van der Waals surface area contributed by atoms with Crippen molar-refractivity contribution in [1.82, 2.24) is 0 Å². The minimum absolute atomic E-state index is 0.0128. The van der Waals surface area contributed by atoms with E-state index in [0.29, 0.717) is 0 Å². The van der Waals surface area contributed by atoms with Crippen LogP contribution in [0.2, 0.25) is 0 Å². The first-order valence-corrected chi connectivity index (χ1v) is 16.1. The average molecular weight is 662 g/mol. The van der Waals surface area contributed by atoms with Crippen LogP contribution in [-0.2, 0) is 40.6 Å². The molecule has 0 aliphatic rings. The van der Waals surface area contributed by atoms with E-state index in [2.05, 4.69) is 6.58 Å². The van der Waals surface area contributed by atoms with Crippen LogP contribution in [0, 0.1) is 11.8 Å². The minimum Gasteiger partial charge on any atom is -0.481 e. The highest BCUT2D eigenvalue weighted by Crippen LogP contribution is 2.53. The van der Waals surface area contributed by atoms with Gasteiger partial charge in [0.15, 0.2) is 0 Å². The lowest BCUT2D eigenvalue weighted by atomic mass is 9.96. The molecule has 0 saturated carbocycles. The summed E-state index contributed by atoms with van der Waals surface area (Å²) in [7, 11) is -8.60. The van der Waals surface area contributed by atoms with Crippen LogP contribution < -0.4 is 0 Å². The number of rotatable bonds is 17. The molecule has 1 aromatic carbocycles. The Morgan fingerprint density at radius 1 is 0.930 bits per heavy atom. The van der Waals surface area contributed by atoms with Crippen LogP contribution in [0.5, 0.6) is 0 Å². The van der Waals surface area contributed by atoms with Crippen molar-refractivity contribution in [2.45, 2.75) is 69.1 Å². The predicted octanol–water partition coefficient (Wildman–Crippen LogP) is 4.49. The summed E-state index contributed by atoms with van der Waals surface area (Å²) in [6, 6.07) is 3.91. The fourth-order valence-corrected chi connectivity index (χ4v) is 6.71. The molecule has 0 aromatic heterocycles. The van der Waals surface area contributed by atoms with Gasteiger partial charge in [-0.25, -0.2) is 0 Å². The maximum Gasteiger partial charge on any atom is 0.416 e. The number of halogens is 3. The van der Waals surface area contributed by atoms with Gasteiger partial charge >= 0.3 is 37.6 Å². The van der Waals surface area contributed by atoms with E-state index in [-0.39, 0.29) is 37.7 Å². The maximum atomic E-state index is 12.7. The van der Waals surface area contributed by atoms with Crippen molar-refractivity contribution in [2.75, 3.05) is 0 Å². The molecule has 13 nitrogen and oxygen atoms in total. The number of hydrogen-bond acceptors (Lipinski definition) is 6. The van der Waals surface area contributed by atoms with E-state index in [1.807, 2.05) is 0 Å². The molecule has 0 aliphatic heterocycles. The molecule has 5 atom stereocenters. The summed E-state index contributed by atoms with van der Waals surface area (Å²) in [5, 5.41) is 35.2. The molecule has 0 fully saturated rings. The summed E-state index contributed by atoms with van der Waals surface area (Å²) < 4.78 is 61.8. The Labute approximate surface area is 244 Å². The van der Waals surface area contributed by atoms with Crippen LogP contribution in [0.15, 0.2) is 36.9 Å². The Morgan fingerprint density at radius 3 is 1.88 bits per heavy atom. The number of hydrogen-bond donors (Lipinski definition) is 7. The summed E-state index contributed by atoms with van der Waals surface area (Å²) in [5.41, 5.74) is -3.46. The lowest BCUT2D eigenvalue weighted by molar-refractivity contribution is -0.144. The van der Waals surface area contributed by atoms with Crippen molar-refractivity contribution < 1.29 is 76.6 Å². The quantitative estimate of drug-likeness (QED) is 0.0899. The van der Waals surface area contributed by atoms with Crippen LogP contribution >= 0.6 is 15.0 Å². The Morgan fingerprint density at radius 2 is 1.47 bits per heavy atom. The van der Waals surface area contributed by atoms with E-state index in [0.717, 1.165) is 18.2 Å². The zero-order valence-corrected chi connectivity index (χ0v) is 24.8. The minimum atomic E-state index is -4.61. The van der Waals surface area contributed by atoms with Gasteiger partial charge in [-0.1, -0.05) is 31.2 Å². The van der Waals surface area contributed by atoms with Gasteiger partial charge in [0.25, 0.3) is 0 Å². The number of carboxylic acid groups (broad SMARTS) is 4. The molecule has 244 valence electrons. The first kappa shape index (κ1) is 40.0. The van der Waals surface area contributed by atoms with E-state index in [1.165, 1.54) is 19.1 Å². The number of benzene rings is 1. The number of alkyl halides is 3. The van der Waals surface area contributed by atoms with Gasteiger partial charge in [-0.3, -0.25) is 28.3 Å². The average Bonchev–Trinajstić information content (AvgIpc) is 2.84. The molecule has 7 N–H and O–H groups in total. The van der Waals surface area contributed by atoms with Crippen molar-refractivity contribution in [1.29, 1.82) is 0 Å². The molecule has 1 rings (SSSR count). The molecule has 0 saturated heterocycles. The smallest absolute Gasteiger partial charge is 0.416 e. The fourth-order valence-electron chi connectivity index (χ4n) is 3.91. The predicted molar refractivity (Wildman–Crippen MR) is 146 cm³/mol. The third-order valence-electron chi connectivity index (χ3n) is 6.40. The first-order chi connectivity index (χ1) is 19.5. The molecule has 0 radical (unpaired) electrons. The fraction of sp³-hybridized carbons (Fsp3) is 0.520. The van der Waals surface area contributed by atoms with E-state index < -0.39 is 86.3 Å². The highest BCUT2D eigenvalue weighted by atomic mass is 31.2. The van der Waals surface area contributed by atoms with Crippen LogP contribution in [-0.4, -0.2) is 70.3 Å². The zero-order chi connectivity index (χ0) is 33.8. The molecular formula is C25H35F3O13P2. The third kappa shape index (κ3) is 15.3. The zero-order valence-electron chi connectivity index (χ0n) is 23.0. The van der Waals surface area contributed by atoms with Gasteiger partial charge in [0.2, 0.25) is 7.37 Å². The number of allylic oxidation sites excluding steroid dienone is 1. The molecule has 0 spiro atoms. The summed E-state index contributed by atoms with van der Waals surface area (Å²) in [6.07, 6.45) is -5.55. The van der Waals surface area contributed by atoms with Crippen LogP contribution in [0.4, 0.5) is 13.2 Å². The maximum absolute atomic E-state index is 12.7. The lowest BCUT2D eigenvalue weighted by Gasteiger charge is -2.25. The monoisotopic (exact) mass is 662 g/mol. The van der Waals surface area contributed by atoms with E-state index in [9.17, 15) is 46.4 Å². The van der Waals surface area contributed by atoms with Gasteiger partial charge in [-0.15, -0.1) is 6.58 Å². The first-order valence-electron chi connectivity index (χ1n) is 12.6. The van der Waals surface area contributed by atoms with Crippen molar-refractivity contribution in [3.05, 3.63) is 48.0 Å². The Kier molecular flexibility index (Phi) is 16.1. The molecule has 0 bridgehead atoms. The standard InChI is InChI=1S/C15H18F3O6P.C10H17O7P/c1-9(12(14(21)22)5-6-13(19)20)25(23,24)8-10-3-2-4-11(7-10)15(16,17)18;1-2-3-8(18(15,16)17)6-7(10(13)14)4-5-9(11)12/h2-4,7,9,12H,5-6,8H2,1H3,(H,19,20)(H,21,22)(H,23,24);2,7-8H,1,3-6H2,(H,11,12)(H,13,14)(H2,15,16,17). The van der Waals surface area contributed by atoms with Crippen LogP contribution in [0.25, 0.3) is 0 Å². The van der Waals surface area contributed by atoms with Gasteiger partial charge in [0.05, 0.1) is 23.1 Å². The van der Waals surface area contributed by atoms with Gasteiger partial charge in [-0.2, -0.15) is 13.2 Å². The normalized spacial score (nSPS) is 15.9. The molecule has 1 aromatic rings. The van der Waals surface area contributed by atoms with E-state index in [1.54, 1.807) is 0 Å². The highest BCUT2D eigenvalue weighted by molar-refractivity contribution is 7.58. The van der Waals surface area contributed by atoms with E-state index >= 15 is 0 Å². The third-order valence-corrected chi connectivity index (χ3v) is 10.2. The summed E-state index contributed by atoms with van der Waals surface area (Å²) in [6.45, 7) is 4.54. The van der Waals surface area contributed by atoms with Crippen molar-refractivity contribution in [2.24, 2.45) is 11.8 Å². The number of aliphatic carboxylic acids is 4. The second-order valence-electron chi connectivity index (χ2n) is 9.70. The Hall–Kier alpha value is -3.03. The van der Waals surface area contributed by atoms with E-state index in [4.69, 9.17) is 30.2 Å². The summed E-state index contributed by atoms with van der Waals surface area (Å²) in [5.74, 6) is -7.54. The molecule has 0 amide bonds. The second-order valence-corrected chi connectivity index (χ2v) is 14.3. The van der Waals surface area contributed by atoms with Crippen LogP contribution in [0.1, 0.15) is 56.6 Å². The number of carboxylic acids is 4. The van der Waals surface area contributed by atoms with Gasteiger partial charge in [-0.05, 0) is 37.3 Å². The molecule has 18 heteroatoms. The molecule has 0 aliphatic carbocycles. The Balaban J connectivity index is 0.000000869. The van der Waals surface area contributed by atoms with Crippen LogP contribution in [0.3, 0.4) is 0 Å². The summed E-state index contributed by atoms with van der Waals surface area (Å²) in [4.78, 5) is 71.5. The largest absolute Gasteiger partial charge is 0.481 e. The van der Waals surface area contributed by atoms with Crippen molar-refractivity contribution >= 4 is 38.8 Å². The van der Waals surface area contributed by atoms with Gasteiger partial charge in [0, 0.05) is 24.7 Å². The topological polar surface area (TPSA) is 244 Å². The van der Waals surface area contributed by atoms with Gasteiger partial charge < -0.3 is 35.1 Å². The highest BCUT2D eigenvalue weighted by Gasteiger charge is 2.38. The SMILES string of the molecule is C=CCC(CC(CCC(=O)O)C(=O)O)P(=O)(O)O.CC(C(CCC(=O)O)C(=O)O)P(=O)(O)Cc1cccc(C(F)(F)F)c1. The summed E-state index contributed by atoms with van der Waals surface area (Å²) >= 11 is 0. The molecule has 0 heterocycles. The van der Waals surface area contributed by atoms with Gasteiger partial charge in [0.1, 0.15) is 0 Å². The lowest BCUT2D eigenvalue weighted by Crippen LogP contribution is -2.27. The molecular weight excluding hydrogens is 627 g/mol. The molecule has 43 heavy (non-hydrogen) atoms. The van der Waals surface area contributed by atoms with Crippen molar-refractivity contribution in [3.8, 4) is 0 Å². The Bertz CT molecular complexity index is 1230. The molecule has 5 unspecified atom stereocenters. The number of carbonyl (C=O) groups is 4. The van der Waals surface area contributed by atoms with Crippen molar-refractivity contribution in [3.63, 3.8) is 0 Å². The second kappa shape index (κ2) is 17.3.